The first-order chi connectivity index (χ1) is 10.8. The van der Waals surface area contributed by atoms with E-state index in [-0.39, 0.29) is 32.7 Å². The van der Waals surface area contributed by atoms with Gasteiger partial charge in [0.05, 0.1) is 12.0 Å². The molecule has 23 heavy (non-hydrogen) atoms. The van der Waals surface area contributed by atoms with E-state index in [1.807, 2.05) is 0 Å². The van der Waals surface area contributed by atoms with Gasteiger partial charge in [0.1, 0.15) is 11.6 Å². The van der Waals surface area contributed by atoms with Crippen molar-refractivity contribution in [2.45, 2.75) is 11.3 Å². The highest BCUT2D eigenvalue weighted by Crippen LogP contribution is 2.44. The fourth-order valence-electron chi connectivity index (χ4n) is 3.29. The third kappa shape index (κ3) is 2.43. The smallest absolute Gasteiger partial charge is 0.311 e. The van der Waals surface area contributed by atoms with Gasteiger partial charge >= 0.3 is 5.97 Å². The minimum atomic E-state index is -4.47. The van der Waals surface area contributed by atoms with E-state index in [2.05, 4.69) is 0 Å². The summed E-state index contributed by atoms with van der Waals surface area (Å²) in [6.45, 7) is -0.127. The molecule has 6 nitrogen and oxygen atoms in total. The molecule has 0 aliphatic carbocycles. The monoisotopic (exact) mass is 347 g/mol. The number of aliphatic carboxylic acids is 1. The van der Waals surface area contributed by atoms with Gasteiger partial charge in [-0.3, -0.25) is 4.79 Å². The van der Waals surface area contributed by atoms with Crippen molar-refractivity contribution in [2.24, 2.45) is 11.3 Å². The number of rotatable bonds is 3. The molecule has 0 amide bonds. The van der Waals surface area contributed by atoms with Gasteiger partial charge in [-0.2, -0.15) is 4.31 Å². The molecule has 1 aromatic carbocycles. The standard InChI is InChI=1S/C14H15F2NO5S/c15-10-2-1-3-11(16)12(10)23(20,21)17-6-9-7-22-5-4-14(9,8-17)13(18)19/h1-3,9H,4-8H2,(H,18,19)/t9-,14+/m1/s1. The summed E-state index contributed by atoms with van der Waals surface area (Å²) in [5.74, 6) is -4.04. The molecule has 2 fully saturated rings. The summed E-state index contributed by atoms with van der Waals surface area (Å²) >= 11 is 0. The summed E-state index contributed by atoms with van der Waals surface area (Å²) in [6.07, 6.45) is 0.165. The molecule has 0 radical (unpaired) electrons. The Kier molecular flexibility index (Phi) is 3.89. The number of halogens is 2. The predicted molar refractivity (Wildman–Crippen MR) is 74.1 cm³/mol. The Hall–Kier alpha value is -1.58. The van der Waals surface area contributed by atoms with Crippen molar-refractivity contribution in [3.8, 4) is 0 Å². The van der Waals surface area contributed by atoms with Crippen LogP contribution in [-0.4, -0.2) is 50.1 Å². The topological polar surface area (TPSA) is 83.9 Å². The van der Waals surface area contributed by atoms with Crippen molar-refractivity contribution in [3.63, 3.8) is 0 Å². The van der Waals surface area contributed by atoms with E-state index in [0.717, 1.165) is 22.5 Å². The number of nitrogens with zero attached hydrogens (tertiary/aromatic N) is 1. The van der Waals surface area contributed by atoms with Crippen LogP contribution in [0.3, 0.4) is 0 Å². The van der Waals surface area contributed by atoms with Gasteiger partial charge in [-0.25, -0.2) is 17.2 Å². The maximum atomic E-state index is 13.8. The summed E-state index contributed by atoms with van der Waals surface area (Å²) in [4.78, 5) is 10.6. The average Bonchev–Trinajstić information content (AvgIpc) is 2.88. The minimum absolute atomic E-state index is 0.109. The molecule has 2 aliphatic rings. The lowest BCUT2D eigenvalue weighted by atomic mass is 9.74. The van der Waals surface area contributed by atoms with Crippen molar-refractivity contribution in [1.29, 1.82) is 0 Å². The zero-order valence-electron chi connectivity index (χ0n) is 12.0. The Bertz CT molecular complexity index is 733. The second kappa shape index (κ2) is 5.50. The van der Waals surface area contributed by atoms with E-state index < -0.39 is 43.9 Å². The molecule has 2 atom stereocenters. The number of carbonyl (C=O) groups is 1. The number of carboxylic acid groups (broad SMARTS) is 1. The van der Waals surface area contributed by atoms with Crippen LogP contribution in [0.2, 0.25) is 0 Å². The predicted octanol–water partition coefficient (Wildman–Crippen LogP) is 1.08. The first-order valence-electron chi connectivity index (χ1n) is 7.04. The fraction of sp³-hybridized carbons (Fsp3) is 0.500. The molecule has 0 bridgehead atoms. The highest BCUT2D eigenvalue weighted by molar-refractivity contribution is 7.89. The van der Waals surface area contributed by atoms with Crippen LogP contribution in [0.1, 0.15) is 6.42 Å². The van der Waals surface area contributed by atoms with Gasteiger partial charge in [-0.05, 0) is 18.6 Å². The lowest BCUT2D eigenvalue weighted by Crippen LogP contribution is -2.45. The van der Waals surface area contributed by atoms with Gasteiger partial charge in [-0.1, -0.05) is 6.07 Å². The Morgan fingerprint density at radius 2 is 2.00 bits per heavy atom. The molecule has 0 saturated carbocycles. The van der Waals surface area contributed by atoms with Crippen LogP contribution < -0.4 is 0 Å². The van der Waals surface area contributed by atoms with Gasteiger partial charge < -0.3 is 9.84 Å². The first kappa shape index (κ1) is 16.3. The van der Waals surface area contributed by atoms with Crippen LogP contribution in [0.4, 0.5) is 8.78 Å². The summed E-state index contributed by atoms with van der Waals surface area (Å²) in [5, 5.41) is 9.54. The van der Waals surface area contributed by atoms with E-state index in [4.69, 9.17) is 4.74 Å². The number of carboxylic acids is 1. The largest absolute Gasteiger partial charge is 0.481 e. The maximum Gasteiger partial charge on any atom is 0.311 e. The van der Waals surface area contributed by atoms with Gasteiger partial charge in [0, 0.05) is 25.6 Å². The van der Waals surface area contributed by atoms with Crippen LogP contribution in [0.15, 0.2) is 23.1 Å². The highest BCUT2D eigenvalue weighted by Gasteiger charge is 2.56. The van der Waals surface area contributed by atoms with E-state index in [1.54, 1.807) is 0 Å². The van der Waals surface area contributed by atoms with Gasteiger partial charge in [0.15, 0.2) is 4.90 Å². The van der Waals surface area contributed by atoms with Gasteiger partial charge in [0.25, 0.3) is 0 Å². The molecular weight excluding hydrogens is 332 g/mol. The number of hydrogen-bond acceptors (Lipinski definition) is 4. The molecule has 0 aromatic heterocycles. The summed E-state index contributed by atoms with van der Waals surface area (Å²) < 4.78 is 59.0. The summed E-state index contributed by atoms with van der Waals surface area (Å²) in [6, 6.07) is 2.78. The number of benzene rings is 1. The molecule has 2 aliphatic heterocycles. The van der Waals surface area contributed by atoms with Crippen LogP contribution in [0, 0.1) is 23.0 Å². The van der Waals surface area contributed by atoms with Crippen molar-refractivity contribution >= 4 is 16.0 Å². The Balaban J connectivity index is 2.01. The second-order valence-corrected chi connectivity index (χ2v) is 7.71. The van der Waals surface area contributed by atoms with Crippen LogP contribution >= 0.6 is 0 Å². The summed E-state index contributed by atoms with van der Waals surface area (Å²) in [7, 11) is -4.47. The van der Waals surface area contributed by atoms with Crippen molar-refractivity contribution in [2.75, 3.05) is 26.3 Å². The number of sulfonamides is 1. The number of ether oxygens (including phenoxy) is 1. The van der Waals surface area contributed by atoms with E-state index in [0.29, 0.717) is 0 Å². The Labute approximate surface area is 131 Å². The average molecular weight is 347 g/mol. The molecule has 0 unspecified atom stereocenters. The minimum Gasteiger partial charge on any atom is -0.481 e. The van der Waals surface area contributed by atoms with Crippen molar-refractivity contribution < 1.29 is 31.8 Å². The molecule has 3 rings (SSSR count). The summed E-state index contributed by atoms with van der Waals surface area (Å²) in [5.41, 5.74) is -1.27. The SMILES string of the molecule is O=C(O)[C@]12CCOC[C@H]1CN(S(=O)(=O)c1c(F)cccc1F)C2. The van der Waals surface area contributed by atoms with Crippen molar-refractivity contribution in [3.05, 3.63) is 29.8 Å². The Morgan fingerprint density at radius 1 is 1.35 bits per heavy atom. The molecule has 2 heterocycles. The maximum absolute atomic E-state index is 13.8. The van der Waals surface area contributed by atoms with Crippen LogP contribution in [0.5, 0.6) is 0 Å². The number of fused-ring (bicyclic) bond motifs is 1. The molecular formula is C14H15F2NO5S. The zero-order valence-corrected chi connectivity index (χ0v) is 12.9. The molecule has 1 aromatic rings. The van der Waals surface area contributed by atoms with Gasteiger partial charge in [0.2, 0.25) is 10.0 Å². The quantitative estimate of drug-likeness (QED) is 0.884. The van der Waals surface area contributed by atoms with Crippen LogP contribution in [0.25, 0.3) is 0 Å². The highest BCUT2D eigenvalue weighted by atomic mass is 32.2. The third-order valence-electron chi connectivity index (χ3n) is 4.62. The third-order valence-corrected chi connectivity index (χ3v) is 6.48. The second-order valence-electron chi connectivity index (χ2n) is 5.83. The van der Waals surface area contributed by atoms with Crippen molar-refractivity contribution in [1.82, 2.24) is 4.31 Å². The molecule has 1 N–H and O–H groups in total. The molecule has 126 valence electrons. The Morgan fingerprint density at radius 3 is 2.57 bits per heavy atom. The molecule has 2 saturated heterocycles. The fourth-order valence-corrected chi connectivity index (χ4v) is 4.96. The number of hydrogen-bond donors (Lipinski definition) is 1. The normalized spacial score (nSPS) is 28.5. The van der Waals surface area contributed by atoms with Gasteiger partial charge in [-0.15, -0.1) is 0 Å². The molecule has 0 spiro atoms. The zero-order chi connectivity index (χ0) is 16.8. The lowest BCUT2D eigenvalue weighted by molar-refractivity contribution is -0.157. The van der Waals surface area contributed by atoms with E-state index >= 15 is 0 Å². The first-order valence-corrected chi connectivity index (χ1v) is 8.48. The van der Waals surface area contributed by atoms with Crippen LogP contribution in [-0.2, 0) is 19.6 Å². The van der Waals surface area contributed by atoms with E-state index in [1.165, 1.54) is 0 Å². The lowest BCUT2D eigenvalue weighted by Gasteiger charge is -2.34. The van der Waals surface area contributed by atoms with E-state index in [9.17, 15) is 27.1 Å². The molecule has 9 heteroatoms.